The third-order valence-corrected chi connectivity index (χ3v) is 6.56. The molecule has 0 unspecified atom stereocenters. The predicted octanol–water partition coefficient (Wildman–Crippen LogP) is 2.11. The van der Waals surface area contributed by atoms with Crippen molar-refractivity contribution < 1.29 is 14.3 Å². The molecule has 2 aromatic heterocycles. The zero-order valence-corrected chi connectivity index (χ0v) is 16.5. The van der Waals surface area contributed by atoms with Crippen molar-refractivity contribution in [1.82, 2.24) is 15.2 Å². The Kier molecular flexibility index (Phi) is 5.82. The number of thiophene rings is 1. The summed E-state index contributed by atoms with van der Waals surface area (Å²) in [7, 11) is 0. The first kappa shape index (κ1) is 18.5. The van der Waals surface area contributed by atoms with Gasteiger partial charge in [-0.25, -0.2) is 4.98 Å². The van der Waals surface area contributed by atoms with E-state index in [1.54, 1.807) is 6.07 Å². The summed E-state index contributed by atoms with van der Waals surface area (Å²) in [6, 6.07) is 3.65. The molecule has 4 heterocycles. The fraction of sp³-hybridized carbons (Fsp3) is 0.500. The van der Waals surface area contributed by atoms with Gasteiger partial charge in [-0.05, 0) is 24.3 Å². The molecule has 1 fully saturated rings. The molecule has 0 bridgehead atoms. The fourth-order valence-corrected chi connectivity index (χ4v) is 4.96. The Balaban J connectivity index is 1.28. The van der Waals surface area contributed by atoms with Crippen molar-refractivity contribution in [3.63, 3.8) is 0 Å². The second-order valence-corrected chi connectivity index (χ2v) is 8.75. The number of amides is 2. The largest absolute Gasteiger partial charge is 0.376 e. The first-order valence-corrected chi connectivity index (χ1v) is 10.8. The molecule has 4 rings (SSSR count). The molecule has 1 atom stereocenters. The number of thiazole rings is 1. The molecule has 1 saturated heterocycles. The summed E-state index contributed by atoms with van der Waals surface area (Å²) in [5.74, 6) is -0.0915. The van der Waals surface area contributed by atoms with Gasteiger partial charge in [0, 0.05) is 37.5 Å². The first-order valence-electron chi connectivity index (χ1n) is 9.11. The molecular weight excluding hydrogens is 384 g/mol. The number of hydrogen-bond donors (Lipinski definition) is 2. The van der Waals surface area contributed by atoms with E-state index in [9.17, 15) is 9.59 Å². The smallest absolute Gasteiger partial charge is 0.267 e. The van der Waals surface area contributed by atoms with Crippen molar-refractivity contribution >= 4 is 39.6 Å². The van der Waals surface area contributed by atoms with E-state index < -0.39 is 0 Å². The molecule has 2 aliphatic rings. The number of carbonyl (C=O) groups is 2. The molecule has 7 nitrogen and oxygen atoms in total. The minimum absolute atomic E-state index is 0.0321. The van der Waals surface area contributed by atoms with Crippen LogP contribution < -0.4 is 10.6 Å². The molecule has 9 heteroatoms. The lowest BCUT2D eigenvalue weighted by molar-refractivity contribution is -0.122. The third-order valence-electron chi connectivity index (χ3n) is 4.69. The number of nitrogens with one attached hydrogen (secondary N) is 2. The lowest BCUT2D eigenvalue weighted by atomic mass is 10.2. The summed E-state index contributed by atoms with van der Waals surface area (Å²) in [6.07, 6.45) is 3.05. The van der Waals surface area contributed by atoms with Gasteiger partial charge in [0.2, 0.25) is 5.91 Å². The summed E-state index contributed by atoms with van der Waals surface area (Å²) < 4.78 is 5.53. The average Bonchev–Trinajstić information content (AvgIpc) is 3.40. The summed E-state index contributed by atoms with van der Waals surface area (Å²) in [6.45, 7) is 3.25. The van der Waals surface area contributed by atoms with Crippen LogP contribution in [0.3, 0.4) is 0 Å². The maximum Gasteiger partial charge on any atom is 0.267 e. The average molecular weight is 407 g/mol. The Bertz CT molecular complexity index is 800. The van der Waals surface area contributed by atoms with Gasteiger partial charge >= 0.3 is 0 Å². The van der Waals surface area contributed by atoms with Gasteiger partial charge in [0.25, 0.3) is 5.91 Å². The first-order chi connectivity index (χ1) is 13.2. The minimum atomic E-state index is -0.124. The number of nitrogens with zero attached hydrogens (tertiary/aromatic N) is 2. The zero-order valence-electron chi connectivity index (χ0n) is 14.9. The van der Waals surface area contributed by atoms with Crippen LogP contribution in [0.15, 0.2) is 17.5 Å². The van der Waals surface area contributed by atoms with E-state index in [-0.39, 0.29) is 17.9 Å². The van der Waals surface area contributed by atoms with Gasteiger partial charge in [-0.1, -0.05) is 6.07 Å². The molecule has 27 heavy (non-hydrogen) atoms. The quantitative estimate of drug-likeness (QED) is 0.768. The maximum atomic E-state index is 12.2. The SMILES string of the molecule is O=C(CN1CCc2nc(NC(=O)c3cccs3)sc2C1)NC[C@H]1CCCO1. The normalized spacial score (nSPS) is 19.6. The highest BCUT2D eigenvalue weighted by Crippen LogP contribution is 2.28. The lowest BCUT2D eigenvalue weighted by Crippen LogP contribution is -2.41. The van der Waals surface area contributed by atoms with E-state index >= 15 is 0 Å². The second-order valence-electron chi connectivity index (χ2n) is 6.72. The van der Waals surface area contributed by atoms with Gasteiger partial charge in [-0.2, -0.15) is 0 Å². The van der Waals surface area contributed by atoms with Crippen molar-refractivity contribution in [2.24, 2.45) is 0 Å². The Morgan fingerprint density at radius 1 is 1.41 bits per heavy atom. The lowest BCUT2D eigenvalue weighted by Gasteiger charge is -2.25. The number of ether oxygens (including phenoxy) is 1. The van der Waals surface area contributed by atoms with E-state index in [2.05, 4.69) is 20.5 Å². The highest BCUT2D eigenvalue weighted by atomic mass is 32.1. The van der Waals surface area contributed by atoms with Crippen LogP contribution in [-0.4, -0.2) is 54.0 Å². The van der Waals surface area contributed by atoms with E-state index in [1.165, 1.54) is 22.7 Å². The number of anilines is 1. The number of aromatic nitrogens is 1. The molecule has 144 valence electrons. The van der Waals surface area contributed by atoms with Crippen molar-refractivity contribution in [3.8, 4) is 0 Å². The number of fused-ring (bicyclic) bond motifs is 1. The van der Waals surface area contributed by atoms with Gasteiger partial charge in [0.1, 0.15) is 0 Å². The summed E-state index contributed by atoms with van der Waals surface area (Å²) in [5, 5.41) is 8.35. The van der Waals surface area contributed by atoms with Crippen molar-refractivity contribution in [2.45, 2.75) is 31.9 Å². The molecule has 0 aliphatic carbocycles. The monoisotopic (exact) mass is 406 g/mol. The van der Waals surface area contributed by atoms with Crippen LogP contribution in [0.2, 0.25) is 0 Å². The van der Waals surface area contributed by atoms with Crippen LogP contribution in [0, 0.1) is 0 Å². The standard InChI is InChI=1S/C18H22N4O3S2/c23-16(19-9-12-3-1-7-25-12)11-22-6-5-13-15(10-22)27-18(20-13)21-17(24)14-4-2-8-26-14/h2,4,8,12H,1,3,5-7,9-11H2,(H,19,23)(H,20,21,24)/t12-/m1/s1. The van der Waals surface area contributed by atoms with Gasteiger partial charge in [0.05, 0.1) is 23.2 Å². The number of rotatable bonds is 6. The third kappa shape index (κ3) is 4.73. The molecule has 2 amide bonds. The molecular formula is C18H22N4O3S2. The van der Waals surface area contributed by atoms with Crippen molar-refractivity contribution in [3.05, 3.63) is 33.0 Å². The van der Waals surface area contributed by atoms with Crippen LogP contribution in [0.1, 0.15) is 33.1 Å². The predicted molar refractivity (Wildman–Crippen MR) is 105 cm³/mol. The molecule has 2 aromatic rings. The van der Waals surface area contributed by atoms with Crippen LogP contribution in [0.25, 0.3) is 0 Å². The van der Waals surface area contributed by atoms with E-state index in [0.717, 1.165) is 43.0 Å². The minimum Gasteiger partial charge on any atom is -0.376 e. The van der Waals surface area contributed by atoms with Crippen LogP contribution in [0.5, 0.6) is 0 Å². The molecule has 0 aromatic carbocycles. The second kappa shape index (κ2) is 8.47. The van der Waals surface area contributed by atoms with Crippen LogP contribution >= 0.6 is 22.7 Å². The molecule has 2 N–H and O–H groups in total. The van der Waals surface area contributed by atoms with E-state index in [0.29, 0.717) is 29.6 Å². The number of carbonyl (C=O) groups excluding carboxylic acids is 2. The Morgan fingerprint density at radius 3 is 3.11 bits per heavy atom. The van der Waals surface area contributed by atoms with Gasteiger partial charge in [-0.15, -0.1) is 22.7 Å². The Labute approximate surface area is 165 Å². The summed E-state index contributed by atoms with van der Waals surface area (Å²) in [4.78, 5) is 32.8. The van der Waals surface area contributed by atoms with Crippen LogP contribution in [-0.2, 0) is 22.5 Å². The van der Waals surface area contributed by atoms with Crippen molar-refractivity contribution in [1.29, 1.82) is 0 Å². The van der Waals surface area contributed by atoms with Gasteiger partial charge < -0.3 is 10.1 Å². The zero-order chi connectivity index (χ0) is 18.6. The van der Waals surface area contributed by atoms with Crippen molar-refractivity contribution in [2.75, 3.05) is 31.6 Å². The highest BCUT2D eigenvalue weighted by molar-refractivity contribution is 7.16. The maximum absolute atomic E-state index is 12.2. The van der Waals surface area contributed by atoms with Crippen LogP contribution in [0.4, 0.5) is 5.13 Å². The Morgan fingerprint density at radius 2 is 2.33 bits per heavy atom. The topological polar surface area (TPSA) is 83.6 Å². The molecule has 0 saturated carbocycles. The van der Waals surface area contributed by atoms with E-state index in [1.807, 2.05) is 11.4 Å². The molecule has 2 aliphatic heterocycles. The van der Waals surface area contributed by atoms with Gasteiger partial charge in [0.15, 0.2) is 5.13 Å². The fourth-order valence-electron chi connectivity index (χ4n) is 3.30. The molecule has 0 spiro atoms. The van der Waals surface area contributed by atoms with Gasteiger partial charge in [-0.3, -0.25) is 19.8 Å². The Hall–Kier alpha value is -1.81. The molecule has 0 radical (unpaired) electrons. The summed E-state index contributed by atoms with van der Waals surface area (Å²) >= 11 is 2.90. The number of hydrogen-bond acceptors (Lipinski definition) is 7. The van der Waals surface area contributed by atoms with E-state index in [4.69, 9.17) is 4.74 Å². The summed E-state index contributed by atoms with van der Waals surface area (Å²) in [5.41, 5.74) is 1.03. The highest BCUT2D eigenvalue weighted by Gasteiger charge is 2.24.